The van der Waals surface area contributed by atoms with Crippen LogP contribution in [0.15, 0.2) is 48.7 Å². The van der Waals surface area contributed by atoms with Crippen LogP contribution >= 0.6 is 0 Å². The summed E-state index contributed by atoms with van der Waals surface area (Å²) in [6, 6.07) is 13.9. The summed E-state index contributed by atoms with van der Waals surface area (Å²) in [5, 5.41) is 0. The molecular formula is C20H24N4O2. The van der Waals surface area contributed by atoms with Crippen molar-refractivity contribution >= 4 is 17.3 Å². The average molecular weight is 352 g/mol. The van der Waals surface area contributed by atoms with Gasteiger partial charge in [0, 0.05) is 25.0 Å². The summed E-state index contributed by atoms with van der Waals surface area (Å²) in [6.07, 6.45) is 1.80. The molecule has 0 saturated heterocycles. The monoisotopic (exact) mass is 352 g/mol. The minimum atomic E-state index is -0.402. The highest BCUT2D eigenvalue weighted by Gasteiger charge is 2.22. The fourth-order valence-electron chi connectivity index (χ4n) is 2.96. The Balaban J connectivity index is 1.96. The van der Waals surface area contributed by atoms with Crippen molar-refractivity contribution in [2.75, 3.05) is 18.9 Å². The van der Waals surface area contributed by atoms with Crippen LogP contribution in [0.1, 0.15) is 35.6 Å². The molecule has 3 aromatic rings. The van der Waals surface area contributed by atoms with Crippen molar-refractivity contribution in [2.24, 2.45) is 0 Å². The molecule has 0 spiro atoms. The van der Waals surface area contributed by atoms with Gasteiger partial charge in [0.25, 0.3) is 0 Å². The van der Waals surface area contributed by atoms with E-state index in [0.29, 0.717) is 30.2 Å². The average Bonchev–Trinajstić information content (AvgIpc) is 3.00. The molecule has 0 aliphatic rings. The zero-order valence-corrected chi connectivity index (χ0v) is 15.2. The number of imidazole rings is 1. The molecular weight excluding hydrogens is 328 g/mol. The Bertz CT molecular complexity index is 889. The molecule has 6 heteroatoms. The fourth-order valence-corrected chi connectivity index (χ4v) is 2.96. The highest BCUT2D eigenvalue weighted by Crippen LogP contribution is 2.19. The number of carbonyl (C=O) groups excluding carboxylic acids is 1. The van der Waals surface area contributed by atoms with Crippen LogP contribution in [-0.4, -0.2) is 33.4 Å². The third-order valence-corrected chi connectivity index (χ3v) is 4.28. The number of aromatic nitrogens is 2. The number of carbonyl (C=O) groups is 1. The third-order valence-electron chi connectivity index (χ3n) is 4.28. The smallest absolute Gasteiger partial charge is 0.358 e. The van der Waals surface area contributed by atoms with Crippen LogP contribution in [0.25, 0.3) is 5.65 Å². The molecule has 136 valence electrons. The van der Waals surface area contributed by atoms with Gasteiger partial charge in [-0.1, -0.05) is 37.3 Å². The second-order valence-electron chi connectivity index (χ2n) is 6.11. The number of benzene rings is 1. The Kier molecular flexibility index (Phi) is 5.53. The number of hydrogen-bond acceptors (Lipinski definition) is 5. The largest absolute Gasteiger partial charge is 0.461 e. The Morgan fingerprint density at radius 1 is 1.15 bits per heavy atom. The minimum Gasteiger partial charge on any atom is -0.461 e. The molecule has 0 saturated carbocycles. The molecule has 0 fully saturated rings. The van der Waals surface area contributed by atoms with Gasteiger partial charge in [0.2, 0.25) is 0 Å². The molecule has 0 atom stereocenters. The van der Waals surface area contributed by atoms with Crippen LogP contribution < -0.4 is 5.73 Å². The number of nitrogens with two attached hydrogens (primary N) is 1. The number of nitrogens with zero attached hydrogens (tertiary/aromatic N) is 3. The first kappa shape index (κ1) is 17.9. The Morgan fingerprint density at radius 2 is 1.92 bits per heavy atom. The molecule has 0 aliphatic heterocycles. The van der Waals surface area contributed by atoms with Crippen molar-refractivity contribution in [2.45, 2.75) is 26.9 Å². The second kappa shape index (κ2) is 8.01. The molecule has 1 aromatic carbocycles. The first-order chi connectivity index (χ1) is 12.6. The van der Waals surface area contributed by atoms with Gasteiger partial charge in [-0.05, 0) is 31.2 Å². The number of fused-ring (bicyclic) bond motifs is 1. The first-order valence-corrected chi connectivity index (χ1v) is 8.82. The fraction of sp³-hybridized carbons (Fsp3) is 0.300. The SMILES string of the molecule is CCOC(=O)c1nc2ccc(N)cn2c1CN(CC)Cc1ccccc1. The number of anilines is 1. The summed E-state index contributed by atoms with van der Waals surface area (Å²) >= 11 is 0. The predicted molar refractivity (Wildman–Crippen MR) is 102 cm³/mol. The highest BCUT2D eigenvalue weighted by atomic mass is 16.5. The van der Waals surface area contributed by atoms with E-state index in [2.05, 4.69) is 28.9 Å². The third kappa shape index (κ3) is 3.86. The molecule has 26 heavy (non-hydrogen) atoms. The maximum Gasteiger partial charge on any atom is 0.358 e. The lowest BCUT2D eigenvalue weighted by Crippen LogP contribution is -2.24. The summed E-state index contributed by atoms with van der Waals surface area (Å²) in [5.41, 5.74) is 9.62. The Labute approximate surface area is 153 Å². The number of rotatable bonds is 7. The van der Waals surface area contributed by atoms with Gasteiger partial charge in [0.15, 0.2) is 5.69 Å². The Hall–Kier alpha value is -2.86. The molecule has 0 aliphatic carbocycles. The highest BCUT2D eigenvalue weighted by molar-refractivity contribution is 5.89. The van der Waals surface area contributed by atoms with E-state index in [0.717, 1.165) is 18.8 Å². The molecule has 0 radical (unpaired) electrons. The van der Waals surface area contributed by atoms with E-state index in [-0.39, 0.29) is 0 Å². The van der Waals surface area contributed by atoms with E-state index in [9.17, 15) is 4.79 Å². The first-order valence-electron chi connectivity index (χ1n) is 8.82. The maximum atomic E-state index is 12.4. The summed E-state index contributed by atoms with van der Waals surface area (Å²) in [4.78, 5) is 19.1. The molecule has 3 rings (SSSR count). The summed E-state index contributed by atoms with van der Waals surface area (Å²) < 4.78 is 7.08. The van der Waals surface area contributed by atoms with E-state index in [1.54, 1.807) is 19.2 Å². The van der Waals surface area contributed by atoms with Gasteiger partial charge in [-0.2, -0.15) is 0 Å². The number of hydrogen-bond donors (Lipinski definition) is 1. The predicted octanol–water partition coefficient (Wildman–Crippen LogP) is 3.12. The molecule has 6 nitrogen and oxygen atoms in total. The zero-order valence-electron chi connectivity index (χ0n) is 15.2. The quantitative estimate of drug-likeness (QED) is 0.662. The van der Waals surface area contributed by atoms with Crippen molar-refractivity contribution in [1.29, 1.82) is 0 Å². The van der Waals surface area contributed by atoms with Crippen molar-refractivity contribution in [1.82, 2.24) is 14.3 Å². The number of esters is 1. The molecule has 2 heterocycles. The number of nitrogen functional groups attached to an aromatic ring is 1. The van der Waals surface area contributed by atoms with E-state index in [4.69, 9.17) is 10.5 Å². The molecule has 2 N–H and O–H groups in total. The van der Waals surface area contributed by atoms with Crippen LogP contribution in [0.2, 0.25) is 0 Å². The topological polar surface area (TPSA) is 72.9 Å². The van der Waals surface area contributed by atoms with Crippen LogP contribution in [0, 0.1) is 0 Å². The molecule has 0 amide bonds. The Morgan fingerprint density at radius 3 is 2.62 bits per heavy atom. The lowest BCUT2D eigenvalue weighted by atomic mass is 10.2. The van der Waals surface area contributed by atoms with Crippen LogP contribution in [0.5, 0.6) is 0 Å². The molecule has 2 aromatic heterocycles. The van der Waals surface area contributed by atoms with E-state index >= 15 is 0 Å². The lowest BCUT2D eigenvalue weighted by molar-refractivity contribution is 0.0517. The maximum absolute atomic E-state index is 12.4. The molecule has 0 unspecified atom stereocenters. The van der Waals surface area contributed by atoms with Gasteiger partial charge in [0.05, 0.1) is 12.3 Å². The second-order valence-corrected chi connectivity index (χ2v) is 6.11. The summed E-state index contributed by atoms with van der Waals surface area (Å²) in [7, 11) is 0. The van der Waals surface area contributed by atoms with Gasteiger partial charge in [0.1, 0.15) is 5.65 Å². The standard InChI is InChI=1S/C20H24N4O2/c1-3-23(12-15-8-6-5-7-9-15)14-17-19(20(25)26-4-2)22-18-11-10-16(21)13-24(17)18/h5-11,13H,3-4,12,14,21H2,1-2H3. The molecule has 0 bridgehead atoms. The number of ether oxygens (including phenoxy) is 1. The summed E-state index contributed by atoms with van der Waals surface area (Å²) in [6.45, 7) is 6.41. The van der Waals surface area contributed by atoms with Crippen molar-refractivity contribution in [3.05, 3.63) is 65.6 Å². The van der Waals surface area contributed by atoms with Gasteiger partial charge in [-0.15, -0.1) is 0 Å². The lowest BCUT2D eigenvalue weighted by Gasteiger charge is -2.21. The van der Waals surface area contributed by atoms with Gasteiger partial charge in [-0.25, -0.2) is 9.78 Å². The van der Waals surface area contributed by atoms with Crippen LogP contribution in [0.3, 0.4) is 0 Å². The van der Waals surface area contributed by atoms with Crippen molar-refractivity contribution < 1.29 is 9.53 Å². The van der Waals surface area contributed by atoms with Crippen LogP contribution in [-0.2, 0) is 17.8 Å². The van der Waals surface area contributed by atoms with E-state index in [1.165, 1.54) is 5.56 Å². The summed E-state index contributed by atoms with van der Waals surface area (Å²) in [5.74, 6) is -0.402. The van der Waals surface area contributed by atoms with Crippen molar-refractivity contribution in [3.63, 3.8) is 0 Å². The number of pyridine rings is 1. The van der Waals surface area contributed by atoms with Crippen molar-refractivity contribution in [3.8, 4) is 0 Å². The zero-order chi connectivity index (χ0) is 18.5. The van der Waals surface area contributed by atoms with E-state index in [1.807, 2.05) is 28.7 Å². The van der Waals surface area contributed by atoms with Crippen LogP contribution in [0.4, 0.5) is 5.69 Å². The van der Waals surface area contributed by atoms with Gasteiger partial charge < -0.3 is 10.5 Å². The van der Waals surface area contributed by atoms with E-state index < -0.39 is 5.97 Å². The minimum absolute atomic E-state index is 0.315. The van der Waals surface area contributed by atoms with Gasteiger partial charge in [-0.3, -0.25) is 9.30 Å². The van der Waals surface area contributed by atoms with Gasteiger partial charge >= 0.3 is 5.97 Å². The normalized spacial score (nSPS) is 11.2.